The number of nitrogens with zero attached hydrogens (tertiary/aromatic N) is 5. The molecular formula is C22H29N5O2. The van der Waals surface area contributed by atoms with Crippen molar-refractivity contribution in [3.8, 4) is 0 Å². The van der Waals surface area contributed by atoms with Gasteiger partial charge in [-0.05, 0) is 56.7 Å². The fourth-order valence-electron chi connectivity index (χ4n) is 4.65. The molecule has 4 heterocycles. The van der Waals surface area contributed by atoms with E-state index in [-0.39, 0.29) is 17.2 Å². The van der Waals surface area contributed by atoms with Crippen LogP contribution in [0.2, 0.25) is 0 Å². The van der Waals surface area contributed by atoms with E-state index in [1.807, 2.05) is 47.9 Å². The van der Waals surface area contributed by atoms with Crippen LogP contribution in [0.5, 0.6) is 0 Å². The summed E-state index contributed by atoms with van der Waals surface area (Å²) in [6.07, 6.45) is 5.14. The van der Waals surface area contributed by atoms with Crippen LogP contribution in [-0.2, 0) is 17.9 Å². The van der Waals surface area contributed by atoms with Crippen molar-refractivity contribution in [1.82, 2.24) is 24.6 Å². The van der Waals surface area contributed by atoms with Gasteiger partial charge < -0.3 is 9.80 Å². The van der Waals surface area contributed by atoms with Gasteiger partial charge in [-0.1, -0.05) is 6.07 Å². The van der Waals surface area contributed by atoms with Crippen LogP contribution in [0.15, 0.2) is 30.5 Å². The molecule has 1 spiro atoms. The number of aryl methyl sites for hydroxylation is 2. The Hall–Kier alpha value is -2.70. The summed E-state index contributed by atoms with van der Waals surface area (Å²) in [5.41, 5.74) is 2.59. The van der Waals surface area contributed by atoms with E-state index in [1.54, 1.807) is 10.9 Å². The SMILES string of the molecule is CCn1nc(C)cc1C(=O)N1CCC2(CCC(=O)N(Cc3ccccn3)C2)CC1. The number of aromatic nitrogens is 3. The quantitative estimate of drug-likeness (QED) is 0.798. The normalized spacial score (nSPS) is 19.0. The second kappa shape index (κ2) is 7.97. The molecule has 2 aromatic heterocycles. The molecule has 2 saturated heterocycles. The molecule has 0 atom stereocenters. The number of carbonyl (C=O) groups is 2. The van der Waals surface area contributed by atoms with Crippen molar-refractivity contribution in [2.75, 3.05) is 19.6 Å². The van der Waals surface area contributed by atoms with E-state index in [9.17, 15) is 9.59 Å². The van der Waals surface area contributed by atoms with Crippen molar-refractivity contribution < 1.29 is 9.59 Å². The summed E-state index contributed by atoms with van der Waals surface area (Å²) in [6.45, 7) is 7.41. The predicted molar refractivity (Wildman–Crippen MR) is 109 cm³/mol. The summed E-state index contributed by atoms with van der Waals surface area (Å²) in [6, 6.07) is 7.69. The van der Waals surface area contributed by atoms with Gasteiger partial charge in [-0.3, -0.25) is 19.3 Å². The van der Waals surface area contributed by atoms with Crippen LogP contribution >= 0.6 is 0 Å². The Balaban J connectivity index is 1.41. The highest BCUT2D eigenvalue weighted by Crippen LogP contribution is 2.40. The van der Waals surface area contributed by atoms with E-state index in [4.69, 9.17) is 0 Å². The zero-order valence-electron chi connectivity index (χ0n) is 17.3. The Kier molecular flexibility index (Phi) is 5.39. The van der Waals surface area contributed by atoms with Gasteiger partial charge in [0.25, 0.3) is 5.91 Å². The summed E-state index contributed by atoms with van der Waals surface area (Å²) in [5.74, 6) is 0.279. The van der Waals surface area contributed by atoms with Gasteiger partial charge >= 0.3 is 0 Å². The minimum Gasteiger partial charge on any atom is -0.337 e. The monoisotopic (exact) mass is 395 g/mol. The fraction of sp³-hybridized carbons (Fsp3) is 0.545. The zero-order valence-corrected chi connectivity index (χ0v) is 17.3. The molecule has 0 radical (unpaired) electrons. The van der Waals surface area contributed by atoms with Gasteiger partial charge in [0.15, 0.2) is 0 Å². The van der Waals surface area contributed by atoms with Crippen molar-refractivity contribution in [3.05, 3.63) is 47.5 Å². The molecule has 2 fully saturated rings. The first-order valence-corrected chi connectivity index (χ1v) is 10.5. The second-order valence-corrected chi connectivity index (χ2v) is 8.35. The van der Waals surface area contributed by atoms with Crippen LogP contribution in [0.25, 0.3) is 0 Å². The molecule has 2 aliphatic heterocycles. The highest BCUT2D eigenvalue weighted by Gasteiger charge is 2.42. The average molecular weight is 396 g/mol. The lowest BCUT2D eigenvalue weighted by Crippen LogP contribution is -2.52. The third kappa shape index (κ3) is 4.04. The van der Waals surface area contributed by atoms with Gasteiger partial charge in [-0.2, -0.15) is 5.10 Å². The Morgan fingerprint density at radius 3 is 2.69 bits per heavy atom. The van der Waals surface area contributed by atoms with Gasteiger partial charge in [-0.25, -0.2) is 0 Å². The summed E-state index contributed by atoms with van der Waals surface area (Å²) in [4.78, 5) is 33.8. The molecule has 2 aromatic rings. The molecule has 0 aromatic carbocycles. The number of hydrogen-bond donors (Lipinski definition) is 0. The van der Waals surface area contributed by atoms with Crippen molar-refractivity contribution in [3.63, 3.8) is 0 Å². The predicted octanol–water partition coefficient (Wildman–Crippen LogP) is 2.65. The van der Waals surface area contributed by atoms with Crippen molar-refractivity contribution >= 4 is 11.8 Å². The Bertz CT molecular complexity index is 884. The number of amides is 2. The highest BCUT2D eigenvalue weighted by atomic mass is 16.2. The topological polar surface area (TPSA) is 71.3 Å². The van der Waals surface area contributed by atoms with E-state index in [0.29, 0.717) is 25.2 Å². The minimum atomic E-state index is 0.0690. The molecule has 0 N–H and O–H groups in total. The largest absolute Gasteiger partial charge is 0.337 e. The third-order valence-corrected chi connectivity index (χ3v) is 6.36. The lowest BCUT2D eigenvalue weighted by Gasteiger charge is -2.47. The van der Waals surface area contributed by atoms with E-state index in [1.165, 1.54) is 0 Å². The smallest absolute Gasteiger partial charge is 0.272 e. The Morgan fingerprint density at radius 1 is 1.21 bits per heavy atom. The molecule has 7 nitrogen and oxygen atoms in total. The van der Waals surface area contributed by atoms with Crippen LogP contribution < -0.4 is 0 Å². The molecule has 154 valence electrons. The summed E-state index contributed by atoms with van der Waals surface area (Å²) in [5, 5.41) is 4.41. The van der Waals surface area contributed by atoms with Gasteiger partial charge in [0.1, 0.15) is 5.69 Å². The number of likely N-dealkylation sites (tertiary alicyclic amines) is 2. The fourth-order valence-corrected chi connectivity index (χ4v) is 4.65. The molecule has 0 saturated carbocycles. The highest BCUT2D eigenvalue weighted by molar-refractivity contribution is 5.92. The number of rotatable bonds is 4. The Morgan fingerprint density at radius 2 is 2.00 bits per heavy atom. The molecule has 0 unspecified atom stereocenters. The van der Waals surface area contributed by atoms with E-state index < -0.39 is 0 Å². The summed E-state index contributed by atoms with van der Waals surface area (Å²) in [7, 11) is 0. The second-order valence-electron chi connectivity index (χ2n) is 8.35. The Labute approximate surface area is 171 Å². The van der Waals surface area contributed by atoms with Gasteiger partial charge in [0.2, 0.25) is 5.91 Å². The van der Waals surface area contributed by atoms with Gasteiger partial charge in [-0.15, -0.1) is 0 Å². The molecule has 2 aliphatic rings. The van der Waals surface area contributed by atoms with Crippen molar-refractivity contribution in [2.24, 2.45) is 5.41 Å². The van der Waals surface area contributed by atoms with E-state index >= 15 is 0 Å². The third-order valence-electron chi connectivity index (χ3n) is 6.36. The van der Waals surface area contributed by atoms with E-state index in [2.05, 4.69) is 10.1 Å². The van der Waals surface area contributed by atoms with Crippen molar-refractivity contribution in [2.45, 2.75) is 52.6 Å². The van der Waals surface area contributed by atoms with Crippen LogP contribution in [0, 0.1) is 12.3 Å². The van der Waals surface area contributed by atoms with Gasteiger partial charge in [0.05, 0.1) is 17.9 Å². The minimum absolute atomic E-state index is 0.0690. The van der Waals surface area contributed by atoms with Crippen molar-refractivity contribution in [1.29, 1.82) is 0 Å². The molecule has 0 bridgehead atoms. The number of carbonyl (C=O) groups excluding carboxylic acids is 2. The van der Waals surface area contributed by atoms with Crippen LogP contribution in [0.3, 0.4) is 0 Å². The molecule has 29 heavy (non-hydrogen) atoms. The molecule has 4 rings (SSSR count). The number of piperidine rings is 2. The van der Waals surface area contributed by atoms with Gasteiger partial charge in [0, 0.05) is 38.8 Å². The first-order chi connectivity index (χ1) is 14.0. The standard InChI is InChI=1S/C22H29N5O2/c1-3-27-19(14-17(2)24-27)21(29)25-12-9-22(10-13-25)8-7-20(28)26(16-22)15-18-6-4-5-11-23-18/h4-6,11,14H,3,7-10,12-13,15-16H2,1-2H3. The lowest BCUT2D eigenvalue weighted by molar-refractivity contribution is -0.139. The first-order valence-electron chi connectivity index (χ1n) is 10.5. The molecule has 2 amide bonds. The molecular weight excluding hydrogens is 366 g/mol. The number of pyridine rings is 1. The average Bonchev–Trinajstić information content (AvgIpc) is 3.12. The molecule has 7 heteroatoms. The van der Waals surface area contributed by atoms with E-state index in [0.717, 1.165) is 50.3 Å². The first kappa shape index (κ1) is 19.6. The summed E-state index contributed by atoms with van der Waals surface area (Å²) >= 11 is 0. The molecule has 0 aliphatic carbocycles. The van der Waals surface area contributed by atoms with Crippen LogP contribution in [0.4, 0.5) is 0 Å². The van der Waals surface area contributed by atoms with Crippen LogP contribution in [0.1, 0.15) is 54.5 Å². The maximum absolute atomic E-state index is 13.0. The zero-order chi connectivity index (χ0) is 20.4. The maximum atomic E-state index is 13.0. The summed E-state index contributed by atoms with van der Waals surface area (Å²) < 4.78 is 1.79. The van der Waals surface area contributed by atoms with Crippen LogP contribution in [-0.4, -0.2) is 56.0 Å². The number of hydrogen-bond acceptors (Lipinski definition) is 4. The maximum Gasteiger partial charge on any atom is 0.272 e. The lowest BCUT2D eigenvalue weighted by atomic mass is 9.72.